The highest BCUT2D eigenvalue weighted by molar-refractivity contribution is 5.94. The Morgan fingerprint density at radius 3 is 2.27 bits per heavy atom. The van der Waals surface area contributed by atoms with Gasteiger partial charge in [0.05, 0.1) is 6.54 Å². The summed E-state index contributed by atoms with van der Waals surface area (Å²) in [5.74, 6) is 1.46. The summed E-state index contributed by atoms with van der Waals surface area (Å²) in [5, 5.41) is 6.06. The van der Waals surface area contributed by atoms with E-state index in [4.69, 9.17) is 4.74 Å². The smallest absolute Gasteiger partial charge is 0.243 e. The van der Waals surface area contributed by atoms with Gasteiger partial charge in [0.1, 0.15) is 11.5 Å². The van der Waals surface area contributed by atoms with Gasteiger partial charge in [-0.15, -0.1) is 0 Å². The Morgan fingerprint density at radius 1 is 0.846 bits per heavy atom. The molecule has 0 atom stereocenters. The summed E-state index contributed by atoms with van der Waals surface area (Å²) in [6.45, 7) is 4.23. The Morgan fingerprint density at radius 2 is 1.54 bits per heavy atom. The fourth-order valence-electron chi connectivity index (χ4n) is 2.53. The quantitative estimate of drug-likeness (QED) is 0.649. The third-order valence-electron chi connectivity index (χ3n) is 4.17. The molecule has 0 saturated heterocycles. The van der Waals surface area contributed by atoms with E-state index in [1.165, 1.54) is 0 Å². The number of carbonyl (C=O) groups excluding carboxylic acids is 1. The van der Waals surface area contributed by atoms with Crippen LogP contribution in [0.2, 0.25) is 0 Å². The molecule has 0 fully saturated rings. The molecule has 0 aliphatic carbocycles. The Bertz CT molecular complexity index is 874. The lowest BCUT2D eigenvalue weighted by Gasteiger charge is -2.12. The van der Waals surface area contributed by atoms with E-state index in [-0.39, 0.29) is 12.5 Å². The molecule has 2 N–H and O–H groups in total. The van der Waals surface area contributed by atoms with E-state index < -0.39 is 0 Å². The van der Waals surface area contributed by atoms with Crippen LogP contribution in [-0.4, -0.2) is 12.5 Å². The van der Waals surface area contributed by atoms with E-state index in [0.29, 0.717) is 0 Å². The molecule has 0 unspecified atom stereocenters. The van der Waals surface area contributed by atoms with E-state index in [9.17, 15) is 4.79 Å². The van der Waals surface area contributed by atoms with Crippen molar-refractivity contribution in [1.29, 1.82) is 0 Å². The van der Waals surface area contributed by atoms with Crippen LogP contribution in [0.15, 0.2) is 72.8 Å². The molecule has 4 heteroatoms. The first-order valence-electron chi connectivity index (χ1n) is 8.55. The van der Waals surface area contributed by atoms with Crippen LogP contribution in [0.4, 0.5) is 11.4 Å². The van der Waals surface area contributed by atoms with Gasteiger partial charge in [-0.3, -0.25) is 4.79 Å². The molecule has 0 heterocycles. The minimum atomic E-state index is -0.0803. The predicted molar refractivity (Wildman–Crippen MR) is 106 cm³/mol. The maximum Gasteiger partial charge on any atom is 0.243 e. The van der Waals surface area contributed by atoms with Gasteiger partial charge in [-0.05, 0) is 67.4 Å². The molecular weight excluding hydrogens is 324 g/mol. The molecule has 0 saturated carbocycles. The number of anilines is 2. The van der Waals surface area contributed by atoms with Gasteiger partial charge in [-0.25, -0.2) is 0 Å². The first kappa shape index (κ1) is 17.5. The number of ether oxygens (including phenoxy) is 1. The summed E-state index contributed by atoms with van der Waals surface area (Å²) in [6, 6.07) is 23.0. The molecular formula is C22H22N2O2. The van der Waals surface area contributed by atoms with Gasteiger partial charge in [0, 0.05) is 11.4 Å². The van der Waals surface area contributed by atoms with Crippen molar-refractivity contribution in [1.82, 2.24) is 0 Å². The zero-order valence-corrected chi connectivity index (χ0v) is 15.0. The topological polar surface area (TPSA) is 50.4 Å². The largest absolute Gasteiger partial charge is 0.457 e. The van der Waals surface area contributed by atoms with Crippen LogP contribution < -0.4 is 15.4 Å². The predicted octanol–water partition coefficient (Wildman–Crippen LogP) is 5.15. The summed E-state index contributed by atoms with van der Waals surface area (Å²) in [7, 11) is 0. The lowest BCUT2D eigenvalue weighted by atomic mass is 10.1. The second-order valence-electron chi connectivity index (χ2n) is 6.09. The van der Waals surface area contributed by atoms with Gasteiger partial charge in [0.2, 0.25) is 5.91 Å². The number of para-hydroxylation sites is 1. The van der Waals surface area contributed by atoms with Crippen LogP contribution in [0.1, 0.15) is 11.1 Å². The normalized spacial score (nSPS) is 10.2. The Kier molecular flexibility index (Phi) is 5.54. The maximum atomic E-state index is 12.2. The third-order valence-corrected chi connectivity index (χ3v) is 4.17. The molecule has 0 aliphatic heterocycles. The lowest BCUT2D eigenvalue weighted by Crippen LogP contribution is -2.22. The summed E-state index contributed by atoms with van der Waals surface area (Å²) in [6.07, 6.45) is 0. The van der Waals surface area contributed by atoms with Crippen molar-refractivity contribution in [2.75, 3.05) is 17.2 Å². The molecule has 26 heavy (non-hydrogen) atoms. The number of rotatable bonds is 6. The van der Waals surface area contributed by atoms with Crippen molar-refractivity contribution in [2.45, 2.75) is 13.8 Å². The second-order valence-corrected chi connectivity index (χ2v) is 6.09. The van der Waals surface area contributed by atoms with Crippen molar-refractivity contribution in [3.8, 4) is 11.5 Å². The maximum absolute atomic E-state index is 12.2. The van der Waals surface area contributed by atoms with Crippen LogP contribution in [-0.2, 0) is 4.79 Å². The van der Waals surface area contributed by atoms with E-state index in [0.717, 1.165) is 34.0 Å². The molecule has 132 valence electrons. The van der Waals surface area contributed by atoms with E-state index >= 15 is 0 Å². The van der Waals surface area contributed by atoms with E-state index in [2.05, 4.69) is 10.6 Å². The minimum absolute atomic E-state index is 0.0803. The number of carbonyl (C=O) groups is 1. The number of aryl methyl sites for hydroxylation is 1. The van der Waals surface area contributed by atoms with Crippen molar-refractivity contribution in [3.63, 3.8) is 0 Å². The van der Waals surface area contributed by atoms with Crippen molar-refractivity contribution >= 4 is 17.3 Å². The third kappa shape index (κ3) is 4.63. The Hall–Kier alpha value is -3.27. The van der Waals surface area contributed by atoms with Crippen molar-refractivity contribution in [3.05, 3.63) is 83.9 Å². The SMILES string of the molecule is Cc1cccc(NC(=O)CNc2ccc(Oc3ccccc3)cc2)c1C. The van der Waals surface area contributed by atoms with Gasteiger partial charge in [0.15, 0.2) is 0 Å². The molecule has 0 aromatic heterocycles. The van der Waals surface area contributed by atoms with Gasteiger partial charge in [-0.1, -0.05) is 30.3 Å². The molecule has 3 rings (SSSR count). The van der Waals surface area contributed by atoms with Crippen LogP contribution >= 0.6 is 0 Å². The average Bonchev–Trinajstić information content (AvgIpc) is 2.66. The van der Waals surface area contributed by atoms with Crippen LogP contribution in [0.5, 0.6) is 11.5 Å². The molecule has 0 radical (unpaired) electrons. The second kappa shape index (κ2) is 8.21. The monoisotopic (exact) mass is 346 g/mol. The molecule has 3 aromatic rings. The number of hydrogen-bond donors (Lipinski definition) is 2. The average molecular weight is 346 g/mol. The highest BCUT2D eigenvalue weighted by Crippen LogP contribution is 2.22. The zero-order chi connectivity index (χ0) is 18.4. The highest BCUT2D eigenvalue weighted by Gasteiger charge is 2.06. The van der Waals surface area contributed by atoms with Crippen LogP contribution in [0.3, 0.4) is 0 Å². The van der Waals surface area contributed by atoms with Crippen LogP contribution in [0, 0.1) is 13.8 Å². The van der Waals surface area contributed by atoms with Gasteiger partial charge >= 0.3 is 0 Å². The van der Waals surface area contributed by atoms with Crippen molar-refractivity contribution in [2.24, 2.45) is 0 Å². The Balaban J connectivity index is 1.53. The molecule has 0 spiro atoms. The van der Waals surface area contributed by atoms with Gasteiger partial charge < -0.3 is 15.4 Å². The number of amides is 1. The molecule has 0 aliphatic rings. The van der Waals surface area contributed by atoms with E-state index in [1.807, 2.05) is 86.6 Å². The first-order chi connectivity index (χ1) is 12.6. The van der Waals surface area contributed by atoms with Crippen LogP contribution in [0.25, 0.3) is 0 Å². The van der Waals surface area contributed by atoms with E-state index in [1.54, 1.807) is 0 Å². The molecule has 1 amide bonds. The molecule has 0 bridgehead atoms. The Labute approximate surface area is 153 Å². The van der Waals surface area contributed by atoms with Gasteiger partial charge in [-0.2, -0.15) is 0 Å². The summed E-state index contributed by atoms with van der Waals surface area (Å²) in [4.78, 5) is 12.2. The lowest BCUT2D eigenvalue weighted by molar-refractivity contribution is -0.114. The fraction of sp³-hybridized carbons (Fsp3) is 0.136. The minimum Gasteiger partial charge on any atom is -0.457 e. The zero-order valence-electron chi connectivity index (χ0n) is 15.0. The highest BCUT2D eigenvalue weighted by atomic mass is 16.5. The number of hydrogen-bond acceptors (Lipinski definition) is 3. The van der Waals surface area contributed by atoms with Gasteiger partial charge in [0.25, 0.3) is 0 Å². The molecule has 3 aromatic carbocycles. The summed E-state index contributed by atoms with van der Waals surface area (Å²) >= 11 is 0. The fourth-order valence-corrected chi connectivity index (χ4v) is 2.53. The summed E-state index contributed by atoms with van der Waals surface area (Å²) < 4.78 is 5.76. The summed E-state index contributed by atoms with van der Waals surface area (Å²) in [5.41, 5.74) is 3.96. The molecule has 4 nitrogen and oxygen atoms in total. The first-order valence-corrected chi connectivity index (χ1v) is 8.55. The number of nitrogens with one attached hydrogen (secondary N) is 2. The standard InChI is InChI=1S/C22H22N2O2/c1-16-7-6-10-21(17(16)2)24-22(25)15-23-18-11-13-20(14-12-18)26-19-8-4-3-5-9-19/h3-14,23H,15H2,1-2H3,(H,24,25). The number of benzene rings is 3. The van der Waals surface area contributed by atoms with Crippen molar-refractivity contribution < 1.29 is 9.53 Å².